The summed E-state index contributed by atoms with van der Waals surface area (Å²) in [7, 11) is 0. The molecule has 2 N–H and O–H groups in total. The summed E-state index contributed by atoms with van der Waals surface area (Å²) in [6.07, 6.45) is 17.7. The molecule has 0 heterocycles. The number of aliphatic carboxylic acids is 1. The minimum atomic E-state index is -1.01. The van der Waals surface area contributed by atoms with E-state index in [9.17, 15) is 19.5 Å². The number of carboxylic acid groups (broad SMARTS) is 1. The van der Waals surface area contributed by atoms with E-state index in [-0.39, 0.29) is 30.5 Å². The number of hydrogen-bond donors (Lipinski definition) is 2. The Kier molecular flexibility index (Phi) is 13.4. The Hall–Kier alpha value is -2.21. The van der Waals surface area contributed by atoms with Gasteiger partial charge in [0.05, 0.1) is 25.6 Å². The number of carboxylic acids is 1. The molecule has 0 saturated heterocycles. The number of carbonyl (C=O) groups is 3. The van der Waals surface area contributed by atoms with Crippen molar-refractivity contribution in [1.29, 1.82) is 0 Å². The standard InChI is InChI=1S/C24H36O6/c1-2-3-7-10-20(25)14-12-19-13-15-22(26)21(19)11-8-5-4-6-9-18-30-24(29)17-16-23(27)28/h5,8,12-15,19-21,25H,2-4,6-7,9-11,16-18H2,1H3,(H,27,28)/b8-5-,14-12+/t19-,20-,21+/m0/s1. The van der Waals surface area contributed by atoms with E-state index in [1.54, 1.807) is 6.08 Å². The monoisotopic (exact) mass is 420 g/mol. The zero-order valence-corrected chi connectivity index (χ0v) is 18.0. The first kappa shape index (κ1) is 25.8. The van der Waals surface area contributed by atoms with Crippen LogP contribution in [0.2, 0.25) is 0 Å². The summed E-state index contributed by atoms with van der Waals surface area (Å²) in [6, 6.07) is 0. The second kappa shape index (κ2) is 15.6. The van der Waals surface area contributed by atoms with Crippen LogP contribution in [0, 0.1) is 11.8 Å². The summed E-state index contributed by atoms with van der Waals surface area (Å²) in [5.74, 6) is -1.42. The Morgan fingerprint density at radius 3 is 2.70 bits per heavy atom. The second-order valence-electron chi connectivity index (χ2n) is 7.71. The molecular formula is C24H36O6. The Bertz CT molecular complexity index is 619. The first-order valence-corrected chi connectivity index (χ1v) is 11.0. The Morgan fingerprint density at radius 1 is 1.17 bits per heavy atom. The average Bonchev–Trinajstić information content (AvgIpc) is 3.06. The normalized spacial score (nSPS) is 19.7. The molecule has 0 spiro atoms. The zero-order chi connectivity index (χ0) is 22.2. The molecule has 0 unspecified atom stereocenters. The highest BCUT2D eigenvalue weighted by molar-refractivity contribution is 5.95. The molecule has 0 bridgehead atoms. The van der Waals surface area contributed by atoms with E-state index in [0.717, 1.165) is 38.5 Å². The maximum absolute atomic E-state index is 12.1. The zero-order valence-electron chi connectivity index (χ0n) is 18.0. The van der Waals surface area contributed by atoms with E-state index >= 15 is 0 Å². The molecule has 1 rings (SSSR count). The summed E-state index contributed by atoms with van der Waals surface area (Å²) in [6.45, 7) is 2.43. The van der Waals surface area contributed by atoms with Crippen molar-refractivity contribution in [3.63, 3.8) is 0 Å². The molecule has 0 aromatic heterocycles. The quantitative estimate of drug-likeness (QED) is 0.218. The SMILES string of the molecule is CCCCC[C@H](O)/C=C/[C@H]1C=CC(=O)[C@@H]1C/C=C\CCCCOC(=O)CCC(=O)O. The Morgan fingerprint density at radius 2 is 1.97 bits per heavy atom. The average molecular weight is 421 g/mol. The molecule has 6 heteroatoms. The van der Waals surface area contributed by atoms with Crippen LogP contribution in [0.25, 0.3) is 0 Å². The van der Waals surface area contributed by atoms with Crippen LogP contribution in [0.3, 0.4) is 0 Å². The molecule has 168 valence electrons. The van der Waals surface area contributed by atoms with Crippen molar-refractivity contribution in [1.82, 2.24) is 0 Å². The fraction of sp³-hybridized carbons (Fsp3) is 0.625. The molecule has 1 aliphatic rings. The summed E-state index contributed by atoms with van der Waals surface area (Å²) >= 11 is 0. The van der Waals surface area contributed by atoms with Crippen molar-refractivity contribution < 1.29 is 29.3 Å². The molecule has 0 aromatic rings. The van der Waals surface area contributed by atoms with E-state index < -0.39 is 18.0 Å². The van der Waals surface area contributed by atoms with Crippen molar-refractivity contribution in [2.75, 3.05) is 6.61 Å². The molecule has 1 aliphatic carbocycles. The van der Waals surface area contributed by atoms with Gasteiger partial charge < -0.3 is 14.9 Å². The molecule has 30 heavy (non-hydrogen) atoms. The molecule has 6 nitrogen and oxygen atoms in total. The molecule has 0 radical (unpaired) electrons. The number of aliphatic hydroxyl groups excluding tert-OH is 1. The van der Waals surface area contributed by atoms with Crippen LogP contribution in [0.5, 0.6) is 0 Å². The number of rotatable bonds is 16. The summed E-state index contributed by atoms with van der Waals surface area (Å²) in [5, 5.41) is 18.5. The van der Waals surface area contributed by atoms with Crippen LogP contribution in [0.15, 0.2) is 36.5 Å². The highest BCUT2D eigenvalue weighted by atomic mass is 16.5. The lowest BCUT2D eigenvalue weighted by Gasteiger charge is -2.13. The molecule has 0 fully saturated rings. The maximum atomic E-state index is 12.1. The van der Waals surface area contributed by atoms with Gasteiger partial charge in [-0.15, -0.1) is 0 Å². The maximum Gasteiger partial charge on any atom is 0.306 e. The third kappa shape index (κ3) is 11.7. The summed E-state index contributed by atoms with van der Waals surface area (Å²) < 4.78 is 4.98. The fourth-order valence-electron chi connectivity index (χ4n) is 3.27. The van der Waals surface area contributed by atoms with Crippen molar-refractivity contribution >= 4 is 17.7 Å². The van der Waals surface area contributed by atoms with Crippen molar-refractivity contribution in [2.45, 2.75) is 77.2 Å². The van der Waals surface area contributed by atoms with Gasteiger partial charge in [-0.2, -0.15) is 0 Å². The van der Waals surface area contributed by atoms with E-state index in [4.69, 9.17) is 9.84 Å². The first-order valence-electron chi connectivity index (χ1n) is 11.0. The number of esters is 1. The first-order chi connectivity index (χ1) is 14.4. The molecule has 0 aromatic carbocycles. The van der Waals surface area contributed by atoms with E-state index in [2.05, 4.69) is 6.92 Å². The van der Waals surface area contributed by atoms with Gasteiger partial charge in [-0.3, -0.25) is 14.4 Å². The van der Waals surface area contributed by atoms with Crippen LogP contribution in [0.4, 0.5) is 0 Å². The highest BCUT2D eigenvalue weighted by Crippen LogP contribution is 2.27. The number of carbonyl (C=O) groups excluding carboxylic acids is 2. The number of ketones is 1. The lowest BCUT2D eigenvalue weighted by atomic mass is 9.90. The lowest BCUT2D eigenvalue weighted by molar-refractivity contribution is -0.147. The van der Waals surface area contributed by atoms with Crippen LogP contribution >= 0.6 is 0 Å². The number of hydrogen-bond acceptors (Lipinski definition) is 5. The van der Waals surface area contributed by atoms with Gasteiger partial charge in [-0.05, 0) is 38.2 Å². The largest absolute Gasteiger partial charge is 0.481 e. The lowest BCUT2D eigenvalue weighted by Crippen LogP contribution is -2.14. The molecule has 3 atom stereocenters. The van der Waals surface area contributed by atoms with Crippen LogP contribution in [-0.2, 0) is 19.1 Å². The van der Waals surface area contributed by atoms with Gasteiger partial charge in [-0.25, -0.2) is 0 Å². The van der Waals surface area contributed by atoms with Crippen molar-refractivity contribution in [2.24, 2.45) is 11.8 Å². The topological polar surface area (TPSA) is 101 Å². The molecule has 0 aliphatic heterocycles. The molecule has 0 amide bonds. The van der Waals surface area contributed by atoms with Crippen molar-refractivity contribution in [3.05, 3.63) is 36.5 Å². The molecular weight excluding hydrogens is 384 g/mol. The highest BCUT2D eigenvalue weighted by Gasteiger charge is 2.27. The molecule has 0 saturated carbocycles. The summed E-state index contributed by atoms with van der Waals surface area (Å²) in [5.41, 5.74) is 0. The third-order valence-electron chi connectivity index (χ3n) is 5.10. The van der Waals surface area contributed by atoms with E-state index in [1.807, 2.05) is 30.4 Å². The number of ether oxygens (including phenoxy) is 1. The van der Waals surface area contributed by atoms with Crippen LogP contribution in [-0.4, -0.2) is 40.6 Å². The van der Waals surface area contributed by atoms with Crippen LogP contribution in [0.1, 0.15) is 71.1 Å². The van der Waals surface area contributed by atoms with E-state index in [0.29, 0.717) is 19.4 Å². The third-order valence-corrected chi connectivity index (χ3v) is 5.10. The minimum absolute atomic E-state index is 0.0354. The van der Waals surface area contributed by atoms with Crippen LogP contribution < -0.4 is 0 Å². The minimum Gasteiger partial charge on any atom is -0.481 e. The van der Waals surface area contributed by atoms with Gasteiger partial charge in [0, 0.05) is 11.8 Å². The Balaban J connectivity index is 2.21. The summed E-state index contributed by atoms with van der Waals surface area (Å²) in [4.78, 5) is 33.8. The predicted molar refractivity (Wildman–Crippen MR) is 116 cm³/mol. The van der Waals surface area contributed by atoms with Gasteiger partial charge in [-0.1, -0.05) is 56.6 Å². The number of aliphatic hydroxyl groups is 1. The van der Waals surface area contributed by atoms with E-state index in [1.165, 1.54) is 0 Å². The fourth-order valence-corrected chi connectivity index (χ4v) is 3.27. The van der Waals surface area contributed by atoms with Gasteiger partial charge in [0.25, 0.3) is 0 Å². The second-order valence-corrected chi connectivity index (χ2v) is 7.71. The van der Waals surface area contributed by atoms with Crippen molar-refractivity contribution in [3.8, 4) is 0 Å². The predicted octanol–water partition coefficient (Wildman–Crippen LogP) is 4.38. The number of unbranched alkanes of at least 4 members (excludes halogenated alkanes) is 4. The van der Waals surface area contributed by atoms with Gasteiger partial charge in [0.15, 0.2) is 5.78 Å². The smallest absolute Gasteiger partial charge is 0.306 e. The van der Waals surface area contributed by atoms with Gasteiger partial charge in [0.2, 0.25) is 0 Å². The number of allylic oxidation sites excluding steroid dienone is 5. The van der Waals surface area contributed by atoms with Gasteiger partial charge in [0.1, 0.15) is 0 Å². The van der Waals surface area contributed by atoms with Gasteiger partial charge >= 0.3 is 11.9 Å². The Labute approximate surface area is 179 Å².